The van der Waals surface area contributed by atoms with Crippen molar-refractivity contribution < 1.29 is 39.1 Å². The van der Waals surface area contributed by atoms with E-state index in [1.807, 2.05) is 6.92 Å². The van der Waals surface area contributed by atoms with Gasteiger partial charge in [-0.15, -0.1) is 0 Å². The van der Waals surface area contributed by atoms with Crippen molar-refractivity contribution in [3.63, 3.8) is 0 Å². The zero-order valence-electron chi connectivity index (χ0n) is 17.8. The first-order valence-electron chi connectivity index (χ1n) is 10.3. The Morgan fingerprint density at radius 3 is 2.42 bits per heavy atom. The number of aliphatic hydroxyl groups excluding tert-OH is 4. The molecule has 5 atom stereocenters. The molecule has 0 aromatic heterocycles. The van der Waals surface area contributed by atoms with E-state index in [4.69, 9.17) is 4.74 Å². The average Bonchev–Trinajstić information content (AvgIpc) is 2.79. The van der Waals surface area contributed by atoms with Crippen molar-refractivity contribution in [1.29, 1.82) is 0 Å². The smallest absolute Gasteiger partial charge is 0.198 e. The van der Waals surface area contributed by atoms with Crippen LogP contribution in [0, 0.1) is 12.7 Å². The van der Waals surface area contributed by atoms with Gasteiger partial charge in [-0.25, -0.2) is 4.39 Å². The molecule has 0 saturated carbocycles. The lowest BCUT2D eigenvalue weighted by molar-refractivity contribution is -0.231. The third-order valence-electron chi connectivity index (χ3n) is 5.50. The van der Waals surface area contributed by atoms with Crippen molar-refractivity contribution in [3.05, 3.63) is 76.6 Å². The van der Waals surface area contributed by atoms with Crippen LogP contribution in [0.5, 0.6) is 0 Å². The van der Waals surface area contributed by atoms with Crippen molar-refractivity contribution >= 4 is 28.1 Å². The van der Waals surface area contributed by atoms with Crippen LogP contribution in [0.2, 0.25) is 0 Å². The van der Waals surface area contributed by atoms with Gasteiger partial charge in [0.25, 0.3) is 0 Å². The highest BCUT2D eigenvalue weighted by Crippen LogP contribution is 2.34. The summed E-state index contributed by atoms with van der Waals surface area (Å²) in [6, 6.07) is 10.5. The van der Waals surface area contributed by atoms with Gasteiger partial charge in [0.2, 0.25) is 0 Å². The van der Waals surface area contributed by atoms with Crippen LogP contribution in [0.15, 0.2) is 48.5 Å². The minimum Gasteiger partial charge on any atom is -0.394 e. The first-order valence-corrected chi connectivity index (χ1v) is 11.1. The standard InChI is InChI=1S/C24H25FO7S/c1-13-2-3-15(24-23(31)22(30)21(29)18(12-27)32-24)10-16(13)11-20(28)33-19(8-9-26)14-4-6-17(25)7-5-14/h2-10,18,21-24,27,29-31H,11-12H2,1H3/b19-8+/t18-,21-,22+,23-,24+/m1/s1. The Kier molecular flexibility index (Phi) is 8.52. The summed E-state index contributed by atoms with van der Waals surface area (Å²) in [5, 5.41) is 39.6. The number of benzene rings is 2. The second-order valence-electron chi connectivity index (χ2n) is 7.76. The van der Waals surface area contributed by atoms with Gasteiger partial charge < -0.3 is 25.2 Å². The van der Waals surface area contributed by atoms with Crippen molar-refractivity contribution in [2.75, 3.05) is 6.61 Å². The number of carbonyl (C=O) groups is 2. The first-order chi connectivity index (χ1) is 15.7. The van der Waals surface area contributed by atoms with Crippen LogP contribution in [-0.2, 0) is 20.7 Å². The molecule has 3 rings (SSSR count). The van der Waals surface area contributed by atoms with Crippen molar-refractivity contribution in [2.24, 2.45) is 0 Å². The van der Waals surface area contributed by atoms with E-state index in [1.165, 1.54) is 30.3 Å². The van der Waals surface area contributed by atoms with Crippen LogP contribution < -0.4 is 0 Å². The molecule has 1 aliphatic heterocycles. The number of rotatable bonds is 7. The molecule has 0 spiro atoms. The molecule has 33 heavy (non-hydrogen) atoms. The molecule has 0 amide bonds. The topological polar surface area (TPSA) is 124 Å². The molecule has 0 unspecified atom stereocenters. The number of thioether (sulfide) groups is 1. The fourth-order valence-corrected chi connectivity index (χ4v) is 4.47. The fraction of sp³-hybridized carbons (Fsp3) is 0.333. The molecular formula is C24H25FO7S. The van der Waals surface area contributed by atoms with Crippen LogP contribution in [-0.4, -0.2) is 62.9 Å². The summed E-state index contributed by atoms with van der Waals surface area (Å²) in [6.07, 6.45) is -4.64. The van der Waals surface area contributed by atoms with E-state index >= 15 is 0 Å². The summed E-state index contributed by atoms with van der Waals surface area (Å²) in [5.41, 5.74) is 2.47. The lowest BCUT2D eigenvalue weighted by atomic mass is 9.89. The molecule has 9 heteroatoms. The zero-order valence-corrected chi connectivity index (χ0v) is 18.6. The Bertz CT molecular complexity index is 1020. The van der Waals surface area contributed by atoms with Crippen LogP contribution in [0.25, 0.3) is 4.91 Å². The lowest BCUT2D eigenvalue weighted by Crippen LogP contribution is -2.55. The molecule has 1 fully saturated rings. The maximum atomic E-state index is 13.2. The number of hydrogen-bond acceptors (Lipinski definition) is 8. The maximum absolute atomic E-state index is 13.2. The van der Waals surface area contributed by atoms with Gasteiger partial charge in [0.05, 0.1) is 6.61 Å². The molecule has 0 aliphatic carbocycles. The van der Waals surface area contributed by atoms with Gasteiger partial charge in [0.15, 0.2) is 5.12 Å². The highest BCUT2D eigenvalue weighted by molar-refractivity contribution is 8.21. The second kappa shape index (κ2) is 11.1. The molecule has 2 aromatic carbocycles. The number of aldehydes is 1. The third-order valence-corrected chi connectivity index (χ3v) is 6.46. The predicted molar refractivity (Wildman–Crippen MR) is 121 cm³/mol. The molecule has 4 N–H and O–H groups in total. The molecule has 2 aromatic rings. The first kappa shape index (κ1) is 25.2. The lowest BCUT2D eigenvalue weighted by Gasteiger charge is -2.40. The van der Waals surface area contributed by atoms with Gasteiger partial charge in [0.1, 0.15) is 42.6 Å². The monoisotopic (exact) mass is 476 g/mol. The molecule has 1 aliphatic rings. The van der Waals surface area contributed by atoms with E-state index < -0.39 is 42.9 Å². The summed E-state index contributed by atoms with van der Waals surface area (Å²) < 4.78 is 18.8. The summed E-state index contributed by atoms with van der Waals surface area (Å²) in [4.78, 5) is 24.2. The average molecular weight is 477 g/mol. The molecule has 1 heterocycles. The third kappa shape index (κ3) is 5.94. The van der Waals surface area contributed by atoms with E-state index in [0.29, 0.717) is 27.9 Å². The highest BCUT2D eigenvalue weighted by atomic mass is 32.2. The van der Waals surface area contributed by atoms with Gasteiger partial charge in [-0.05, 0) is 47.4 Å². The fourth-order valence-electron chi connectivity index (χ4n) is 3.62. The number of hydrogen-bond donors (Lipinski definition) is 4. The summed E-state index contributed by atoms with van der Waals surface area (Å²) >= 11 is 0.860. The Morgan fingerprint density at radius 2 is 1.79 bits per heavy atom. The highest BCUT2D eigenvalue weighted by Gasteiger charge is 2.44. The molecular weight excluding hydrogens is 451 g/mol. The van der Waals surface area contributed by atoms with E-state index in [0.717, 1.165) is 17.3 Å². The molecule has 0 radical (unpaired) electrons. The maximum Gasteiger partial charge on any atom is 0.198 e. The Labute approximate surface area is 194 Å². The number of halogens is 1. The summed E-state index contributed by atoms with van der Waals surface area (Å²) in [5.74, 6) is -0.429. The largest absolute Gasteiger partial charge is 0.394 e. The molecule has 0 bridgehead atoms. The van der Waals surface area contributed by atoms with Gasteiger partial charge >= 0.3 is 0 Å². The van der Waals surface area contributed by atoms with Gasteiger partial charge in [-0.3, -0.25) is 9.59 Å². The van der Waals surface area contributed by atoms with E-state index in [-0.39, 0.29) is 11.5 Å². The van der Waals surface area contributed by atoms with Crippen LogP contribution in [0.4, 0.5) is 4.39 Å². The minimum atomic E-state index is -1.51. The number of aliphatic hydroxyl groups is 4. The summed E-state index contributed by atoms with van der Waals surface area (Å²) in [7, 11) is 0. The zero-order chi connectivity index (χ0) is 24.1. The SMILES string of the molecule is Cc1ccc([C@@H]2O[C@H](CO)[C@@H](O)[C@H](O)[C@H]2O)cc1CC(=O)S/C(=C/C=O)c1ccc(F)cc1. The normalized spacial score (nSPS) is 25.6. The van der Waals surface area contributed by atoms with Crippen LogP contribution in [0.3, 0.4) is 0 Å². The van der Waals surface area contributed by atoms with Crippen LogP contribution in [0.1, 0.15) is 28.4 Å². The van der Waals surface area contributed by atoms with Crippen molar-refractivity contribution in [1.82, 2.24) is 0 Å². The Hall–Kier alpha value is -2.40. The molecule has 7 nitrogen and oxygen atoms in total. The second-order valence-corrected chi connectivity index (χ2v) is 8.86. The van der Waals surface area contributed by atoms with Gasteiger partial charge in [-0.2, -0.15) is 0 Å². The van der Waals surface area contributed by atoms with E-state index in [2.05, 4.69) is 0 Å². The van der Waals surface area contributed by atoms with Gasteiger partial charge in [0, 0.05) is 11.3 Å². The van der Waals surface area contributed by atoms with Crippen molar-refractivity contribution in [2.45, 2.75) is 43.9 Å². The summed E-state index contributed by atoms with van der Waals surface area (Å²) in [6.45, 7) is 1.27. The van der Waals surface area contributed by atoms with Crippen molar-refractivity contribution in [3.8, 4) is 0 Å². The van der Waals surface area contributed by atoms with Crippen LogP contribution >= 0.6 is 11.8 Å². The number of aryl methyl sites for hydroxylation is 1. The Balaban J connectivity index is 1.79. The van der Waals surface area contributed by atoms with E-state index in [1.54, 1.807) is 18.2 Å². The van der Waals surface area contributed by atoms with E-state index in [9.17, 15) is 34.4 Å². The number of allylic oxidation sites excluding steroid dienone is 1. The minimum absolute atomic E-state index is 0.000839. The number of carbonyl (C=O) groups excluding carboxylic acids is 2. The van der Waals surface area contributed by atoms with Gasteiger partial charge in [-0.1, -0.05) is 42.1 Å². The predicted octanol–water partition coefficient (Wildman–Crippen LogP) is 1.69. The Morgan fingerprint density at radius 1 is 1.09 bits per heavy atom. The number of ether oxygens (including phenoxy) is 1. The quantitative estimate of drug-likeness (QED) is 0.352. The molecule has 1 saturated heterocycles. The molecule has 176 valence electrons.